The zero-order valence-electron chi connectivity index (χ0n) is 8.65. The molecule has 0 unspecified atom stereocenters. The predicted molar refractivity (Wildman–Crippen MR) is 70.7 cm³/mol. The molecule has 1 aromatic heterocycles. The van der Waals surface area contributed by atoms with Crippen molar-refractivity contribution in [3.63, 3.8) is 0 Å². The molecule has 0 radical (unpaired) electrons. The van der Waals surface area contributed by atoms with Crippen molar-refractivity contribution >= 4 is 27.3 Å². The predicted octanol–water partition coefficient (Wildman–Crippen LogP) is 3.55. The third-order valence-corrected chi connectivity index (χ3v) is 3.86. The number of ether oxygens (including phenoxy) is 1. The Labute approximate surface area is 107 Å². The standard InChI is InChI=1S/C12H12BrNOS/c13-10-5-11(16-8-10)7-15-12-4-2-1-3-9(12)6-14/h1-5,8H,6-7,14H2. The molecule has 2 rings (SSSR count). The molecule has 0 saturated carbocycles. The molecule has 1 heterocycles. The second kappa shape index (κ2) is 5.48. The summed E-state index contributed by atoms with van der Waals surface area (Å²) in [6, 6.07) is 9.93. The number of hydrogen-bond acceptors (Lipinski definition) is 3. The second-order valence-corrected chi connectivity index (χ2v) is 5.24. The molecule has 0 fully saturated rings. The quantitative estimate of drug-likeness (QED) is 0.937. The summed E-state index contributed by atoms with van der Waals surface area (Å²) in [5.41, 5.74) is 6.68. The van der Waals surface area contributed by atoms with E-state index >= 15 is 0 Å². The maximum atomic E-state index is 5.74. The van der Waals surface area contributed by atoms with Gasteiger partial charge in [-0.3, -0.25) is 0 Å². The lowest BCUT2D eigenvalue weighted by atomic mass is 10.2. The van der Waals surface area contributed by atoms with Gasteiger partial charge in [-0.1, -0.05) is 18.2 Å². The first kappa shape index (κ1) is 11.6. The lowest BCUT2D eigenvalue weighted by molar-refractivity contribution is 0.306. The number of halogens is 1. The van der Waals surface area contributed by atoms with E-state index in [0.717, 1.165) is 15.8 Å². The fourth-order valence-corrected chi connectivity index (χ4v) is 2.75. The Morgan fingerprint density at radius 2 is 2.12 bits per heavy atom. The Hall–Kier alpha value is -0.840. The molecule has 0 aliphatic rings. The van der Waals surface area contributed by atoms with E-state index in [1.807, 2.05) is 29.6 Å². The highest BCUT2D eigenvalue weighted by Gasteiger charge is 2.02. The lowest BCUT2D eigenvalue weighted by Gasteiger charge is -2.08. The van der Waals surface area contributed by atoms with E-state index in [4.69, 9.17) is 10.5 Å². The summed E-state index contributed by atoms with van der Waals surface area (Å²) >= 11 is 5.10. The number of nitrogens with two attached hydrogens (primary N) is 1. The Morgan fingerprint density at radius 1 is 1.31 bits per heavy atom. The van der Waals surface area contributed by atoms with Crippen LogP contribution in [0.2, 0.25) is 0 Å². The summed E-state index contributed by atoms with van der Waals surface area (Å²) in [5.74, 6) is 0.870. The summed E-state index contributed by atoms with van der Waals surface area (Å²) < 4.78 is 6.84. The third-order valence-electron chi connectivity index (χ3n) is 2.18. The van der Waals surface area contributed by atoms with Crippen LogP contribution in [0.5, 0.6) is 5.75 Å². The van der Waals surface area contributed by atoms with Crippen LogP contribution in [0.3, 0.4) is 0 Å². The van der Waals surface area contributed by atoms with Crippen molar-refractivity contribution in [1.29, 1.82) is 0 Å². The van der Waals surface area contributed by atoms with Gasteiger partial charge in [0.2, 0.25) is 0 Å². The Kier molecular flexibility index (Phi) is 3.98. The van der Waals surface area contributed by atoms with Gasteiger partial charge < -0.3 is 10.5 Å². The molecular weight excluding hydrogens is 286 g/mol. The van der Waals surface area contributed by atoms with Crippen LogP contribution in [0.25, 0.3) is 0 Å². The van der Waals surface area contributed by atoms with Crippen LogP contribution < -0.4 is 10.5 Å². The van der Waals surface area contributed by atoms with Gasteiger partial charge >= 0.3 is 0 Å². The highest BCUT2D eigenvalue weighted by molar-refractivity contribution is 9.10. The van der Waals surface area contributed by atoms with Crippen molar-refractivity contribution in [1.82, 2.24) is 0 Å². The average molecular weight is 298 g/mol. The molecule has 0 aliphatic carbocycles. The first-order valence-corrected chi connectivity index (χ1v) is 6.60. The smallest absolute Gasteiger partial charge is 0.124 e. The van der Waals surface area contributed by atoms with Crippen molar-refractivity contribution in [2.24, 2.45) is 5.73 Å². The van der Waals surface area contributed by atoms with Crippen molar-refractivity contribution < 1.29 is 4.74 Å². The molecule has 16 heavy (non-hydrogen) atoms. The minimum absolute atomic E-state index is 0.504. The third kappa shape index (κ3) is 2.84. The molecule has 0 bridgehead atoms. The van der Waals surface area contributed by atoms with Gasteiger partial charge in [-0.05, 0) is 28.1 Å². The molecule has 2 N–H and O–H groups in total. The summed E-state index contributed by atoms with van der Waals surface area (Å²) in [7, 11) is 0. The van der Waals surface area contributed by atoms with E-state index in [2.05, 4.69) is 22.0 Å². The van der Waals surface area contributed by atoms with Crippen molar-refractivity contribution in [2.75, 3.05) is 0 Å². The Balaban J connectivity index is 2.04. The molecular formula is C12H12BrNOS. The van der Waals surface area contributed by atoms with Crippen LogP contribution >= 0.6 is 27.3 Å². The molecule has 0 spiro atoms. The minimum Gasteiger partial charge on any atom is -0.488 e. The average Bonchev–Trinajstić information content (AvgIpc) is 2.73. The second-order valence-electron chi connectivity index (χ2n) is 3.33. The molecule has 84 valence electrons. The maximum absolute atomic E-state index is 5.74. The van der Waals surface area contributed by atoms with Crippen LogP contribution in [0, 0.1) is 0 Å². The topological polar surface area (TPSA) is 35.2 Å². The SMILES string of the molecule is NCc1ccccc1OCc1cc(Br)cs1. The van der Waals surface area contributed by atoms with Gasteiger partial charge in [0.25, 0.3) is 0 Å². The normalized spacial score (nSPS) is 10.4. The number of rotatable bonds is 4. The lowest BCUT2D eigenvalue weighted by Crippen LogP contribution is -2.01. The van der Waals surface area contributed by atoms with E-state index in [0.29, 0.717) is 13.2 Å². The maximum Gasteiger partial charge on any atom is 0.124 e. The molecule has 0 aliphatic heterocycles. The monoisotopic (exact) mass is 297 g/mol. The van der Waals surface area contributed by atoms with Gasteiger partial charge in [-0.15, -0.1) is 11.3 Å². The van der Waals surface area contributed by atoms with Gasteiger partial charge in [-0.25, -0.2) is 0 Å². The van der Waals surface area contributed by atoms with Gasteiger partial charge in [0, 0.05) is 26.8 Å². The summed E-state index contributed by atoms with van der Waals surface area (Å²) in [5, 5.41) is 2.05. The molecule has 0 saturated heterocycles. The Morgan fingerprint density at radius 3 is 2.81 bits per heavy atom. The van der Waals surface area contributed by atoms with Crippen molar-refractivity contribution in [3.8, 4) is 5.75 Å². The first-order valence-electron chi connectivity index (χ1n) is 4.93. The fourth-order valence-electron chi connectivity index (χ4n) is 1.39. The molecule has 1 aromatic carbocycles. The van der Waals surface area contributed by atoms with E-state index in [-0.39, 0.29) is 0 Å². The highest BCUT2D eigenvalue weighted by atomic mass is 79.9. The molecule has 0 amide bonds. The zero-order chi connectivity index (χ0) is 11.4. The number of para-hydroxylation sites is 1. The van der Waals surface area contributed by atoms with Gasteiger partial charge in [-0.2, -0.15) is 0 Å². The molecule has 2 aromatic rings. The van der Waals surface area contributed by atoms with E-state index in [1.165, 1.54) is 4.88 Å². The van der Waals surface area contributed by atoms with Crippen molar-refractivity contribution in [2.45, 2.75) is 13.2 Å². The van der Waals surface area contributed by atoms with Gasteiger partial charge in [0.05, 0.1) is 0 Å². The zero-order valence-corrected chi connectivity index (χ0v) is 11.1. The van der Waals surface area contributed by atoms with Gasteiger partial charge in [0.1, 0.15) is 12.4 Å². The number of hydrogen-bond donors (Lipinski definition) is 1. The summed E-state index contributed by atoms with van der Waals surface area (Å²) in [4.78, 5) is 1.19. The summed E-state index contributed by atoms with van der Waals surface area (Å²) in [6.07, 6.45) is 0. The highest BCUT2D eigenvalue weighted by Crippen LogP contribution is 2.23. The van der Waals surface area contributed by atoms with Crippen LogP contribution in [0.1, 0.15) is 10.4 Å². The van der Waals surface area contributed by atoms with Gasteiger partial charge in [0.15, 0.2) is 0 Å². The largest absolute Gasteiger partial charge is 0.488 e. The summed E-state index contributed by atoms with van der Waals surface area (Å²) in [6.45, 7) is 1.09. The van der Waals surface area contributed by atoms with Crippen LogP contribution in [0.15, 0.2) is 40.2 Å². The van der Waals surface area contributed by atoms with E-state index in [1.54, 1.807) is 11.3 Å². The Bertz CT molecular complexity index is 470. The van der Waals surface area contributed by atoms with Crippen LogP contribution in [-0.2, 0) is 13.2 Å². The minimum atomic E-state index is 0.504. The van der Waals surface area contributed by atoms with Crippen molar-refractivity contribution in [3.05, 3.63) is 50.6 Å². The molecule has 4 heteroatoms. The van der Waals surface area contributed by atoms with E-state index in [9.17, 15) is 0 Å². The van der Waals surface area contributed by atoms with Crippen LogP contribution in [0.4, 0.5) is 0 Å². The fraction of sp³-hybridized carbons (Fsp3) is 0.167. The molecule has 0 atom stereocenters. The number of benzene rings is 1. The molecule has 2 nitrogen and oxygen atoms in total. The van der Waals surface area contributed by atoms with Crippen LogP contribution in [-0.4, -0.2) is 0 Å². The first-order chi connectivity index (χ1) is 7.79. The number of thiophene rings is 1. The van der Waals surface area contributed by atoms with E-state index < -0.39 is 0 Å².